The molecule has 3 heterocycles. The number of carboxylic acids is 1. The molecule has 0 fully saturated rings. The van der Waals surface area contributed by atoms with Crippen molar-refractivity contribution >= 4 is 60.8 Å². The van der Waals surface area contributed by atoms with Gasteiger partial charge in [0.2, 0.25) is 0 Å². The van der Waals surface area contributed by atoms with Crippen molar-refractivity contribution in [2.45, 2.75) is 32.6 Å². The summed E-state index contributed by atoms with van der Waals surface area (Å²) < 4.78 is 21.2. The smallest absolute Gasteiger partial charge is 0.355 e. The number of benzene rings is 2. The Morgan fingerprint density at radius 3 is 2.59 bits per heavy atom. The van der Waals surface area contributed by atoms with E-state index in [0.29, 0.717) is 64.7 Å². The first-order chi connectivity index (χ1) is 22.4. The molecule has 3 aromatic heterocycles. The standard InChI is InChI=1S/C32H33FN8O3S2/c1-19-21(9-5-15-34)29(41-40-28(19)38-31-36-23-10-3-4-11-25(23)45-31)39-32-37-27(30(42)43)26(46-32)12-7-17-44-24-14-13-20(18-22(24)33)8-6-16-35-2/h3-4,10-11,13-14,18,35H,5,7,9,12,15-17,34H2,1-2H3,(H,42,43)(H,36,38,40)(H,37,39,41). The van der Waals surface area contributed by atoms with E-state index in [9.17, 15) is 14.3 Å². The number of hydrogen-bond donors (Lipinski definition) is 5. The van der Waals surface area contributed by atoms with Gasteiger partial charge in [0, 0.05) is 21.6 Å². The number of ether oxygens (including phenoxy) is 1. The van der Waals surface area contributed by atoms with Crippen LogP contribution in [-0.4, -0.2) is 58.0 Å². The SMILES string of the molecule is CNCC#Cc1ccc(OCCCc2sc(Nc3nnc(Nc4nc5ccccc5s4)c(C)c3CCCN)nc2C(=O)O)c(F)c1. The molecule has 0 aliphatic carbocycles. The Morgan fingerprint density at radius 2 is 1.83 bits per heavy atom. The van der Waals surface area contributed by atoms with Gasteiger partial charge in [0.15, 0.2) is 39.2 Å². The number of hydrogen-bond acceptors (Lipinski definition) is 12. The van der Waals surface area contributed by atoms with E-state index in [2.05, 4.69) is 48.0 Å². The molecule has 238 valence electrons. The number of nitrogens with two attached hydrogens (primary N) is 1. The highest BCUT2D eigenvalue weighted by Crippen LogP contribution is 2.33. The van der Waals surface area contributed by atoms with Crippen molar-refractivity contribution in [3.8, 4) is 17.6 Å². The van der Waals surface area contributed by atoms with Crippen molar-refractivity contribution in [2.75, 3.05) is 37.4 Å². The van der Waals surface area contributed by atoms with Gasteiger partial charge in [0.25, 0.3) is 0 Å². The van der Waals surface area contributed by atoms with Crippen molar-refractivity contribution < 1.29 is 19.0 Å². The second kappa shape index (κ2) is 15.5. The molecule has 0 aliphatic heterocycles. The van der Waals surface area contributed by atoms with Crippen LogP contribution < -0.4 is 26.4 Å². The summed E-state index contributed by atoms with van der Waals surface area (Å²) in [5.74, 6) is 5.30. The van der Waals surface area contributed by atoms with Crippen LogP contribution in [0.1, 0.15) is 44.9 Å². The number of fused-ring (bicyclic) bond motifs is 1. The molecule has 0 atom stereocenters. The number of carboxylic acid groups (broad SMARTS) is 1. The Labute approximate surface area is 273 Å². The third-order valence-electron chi connectivity index (χ3n) is 6.85. The summed E-state index contributed by atoms with van der Waals surface area (Å²) in [6.07, 6.45) is 2.19. The molecule has 0 amide bonds. The number of halogens is 1. The third kappa shape index (κ3) is 8.12. The van der Waals surface area contributed by atoms with E-state index in [1.165, 1.54) is 28.7 Å². The van der Waals surface area contributed by atoms with E-state index in [1.54, 1.807) is 19.2 Å². The number of aromatic carboxylic acids is 1. The van der Waals surface area contributed by atoms with Crippen LogP contribution in [0.25, 0.3) is 10.2 Å². The summed E-state index contributed by atoms with van der Waals surface area (Å²) >= 11 is 2.75. The van der Waals surface area contributed by atoms with Crippen molar-refractivity contribution in [1.82, 2.24) is 25.5 Å². The number of nitrogens with zero attached hydrogens (tertiary/aromatic N) is 4. The van der Waals surface area contributed by atoms with Gasteiger partial charge >= 0.3 is 5.97 Å². The number of thiazole rings is 2. The minimum Gasteiger partial charge on any atom is -0.491 e. The number of aromatic nitrogens is 4. The van der Waals surface area contributed by atoms with Crippen LogP contribution >= 0.6 is 22.7 Å². The molecular formula is C32H33FN8O3S2. The molecule has 0 radical (unpaired) electrons. The lowest BCUT2D eigenvalue weighted by Crippen LogP contribution is -2.10. The van der Waals surface area contributed by atoms with Crippen LogP contribution in [0.3, 0.4) is 0 Å². The minimum absolute atomic E-state index is 0.0505. The van der Waals surface area contributed by atoms with Crippen molar-refractivity contribution in [3.63, 3.8) is 0 Å². The number of para-hydroxylation sites is 1. The number of aryl methyl sites for hydroxylation is 1. The Bertz CT molecular complexity index is 1870. The summed E-state index contributed by atoms with van der Waals surface area (Å²) in [5, 5.41) is 29.1. The van der Waals surface area contributed by atoms with E-state index in [-0.39, 0.29) is 18.1 Å². The normalized spacial score (nSPS) is 10.9. The molecule has 5 rings (SSSR count). The van der Waals surface area contributed by atoms with Gasteiger partial charge in [0.1, 0.15) is 0 Å². The summed E-state index contributed by atoms with van der Waals surface area (Å²) in [4.78, 5) is 21.6. The molecule has 0 aliphatic rings. The highest BCUT2D eigenvalue weighted by Gasteiger charge is 2.20. The van der Waals surface area contributed by atoms with Gasteiger partial charge in [-0.2, -0.15) is 0 Å². The topological polar surface area (TPSA) is 160 Å². The summed E-state index contributed by atoms with van der Waals surface area (Å²) in [5.41, 5.74) is 9.01. The maximum atomic E-state index is 14.5. The Balaban J connectivity index is 1.27. The lowest BCUT2D eigenvalue weighted by atomic mass is 10.1. The number of anilines is 4. The molecule has 0 unspecified atom stereocenters. The van der Waals surface area contributed by atoms with Crippen LogP contribution in [0.15, 0.2) is 42.5 Å². The van der Waals surface area contributed by atoms with E-state index < -0.39 is 11.8 Å². The molecule has 11 nitrogen and oxygen atoms in total. The quantitative estimate of drug-likeness (QED) is 0.0740. The third-order valence-corrected chi connectivity index (χ3v) is 8.84. The van der Waals surface area contributed by atoms with Crippen molar-refractivity contribution in [3.05, 3.63) is 75.5 Å². The first-order valence-corrected chi connectivity index (χ1v) is 16.2. The second-order valence-corrected chi connectivity index (χ2v) is 12.3. The largest absolute Gasteiger partial charge is 0.491 e. The second-order valence-electron chi connectivity index (χ2n) is 10.2. The number of rotatable bonds is 14. The molecular weight excluding hydrogens is 628 g/mol. The highest BCUT2D eigenvalue weighted by molar-refractivity contribution is 7.22. The maximum Gasteiger partial charge on any atom is 0.355 e. The van der Waals surface area contributed by atoms with Crippen LogP contribution in [0, 0.1) is 24.6 Å². The molecule has 0 saturated heterocycles. The fourth-order valence-corrected chi connectivity index (χ4v) is 6.43. The monoisotopic (exact) mass is 660 g/mol. The Hall–Kier alpha value is -4.68. The van der Waals surface area contributed by atoms with Gasteiger partial charge in [0.05, 0.1) is 23.4 Å². The summed E-state index contributed by atoms with van der Waals surface area (Å²) in [6.45, 7) is 3.14. The predicted molar refractivity (Wildman–Crippen MR) is 180 cm³/mol. The van der Waals surface area contributed by atoms with Gasteiger partial charge < -0.3 is 31.5 Å². The first kappa shape index (κ1) is 32.7. The van der Waals surface area contributed by atoms with Crippen molar-refractivity contribution in [2.24, 2.45) is 5.73 Å². The fraction of sp³-hybridized carbons (Fsp3) is 0.281. The number of carbonyl (C=O) groups is 1. The average molecular weight is 661 g/mol. The van der Waals surface area contributed by atoms with E-state index in [0.717, 1.165) is 27.8 Å². The zero-order valence-corrected chi connectivity index (χ0v) is 26.9. The van der Waals surface area contributed by atoms with Gasteiger partial charge in [-0.15, -0.1) is 21.5 Å². The summed E-state index contributed by atoms with van der Waals surface area (Å²) in [7, 11) is 1.79. The average Bonchev–Trinajstić information content (AvgIpc) is 3.65. The lowest BCUT2D eigenvalue weighted by molar-refractivity contribution is 0.0690. The van der Waals surface area contributed by atoms with Gasteiger partial charge in [-0.05, 0) is 76.5 Å². The van der Waals surface area contributed by atoms with Crippen LogP contribution in [0.2, 0.25) is 0 Å². The first-order valence-electron chi connectivity index (χ1n) is 14.6. The molecule has 0 saturated carbocycles. The fourth-order valence-electron chi connectivity index (χ4n) is 4.57. The molecule has 14 heteroatoms. The van der Waals surface area contributed by atoms with Crippen LogP contribution in [0.5, 0.6) is 5.75 Å². The molecule has 5 aromatic rings. The molecule has 2 aromatic carbocycles. The van der Waals surface area contributed by atoms with E-state index in [1.807, 2.05) is 31.2 Å². The predicted octanol–water partition coefficient (Wildman–Crippen LogP) is 5.65. The maximum absolute atomic E-state index is 14.5. The van der Waals surface area contributed by atoms with E-state index >= 15 is 0 Å². The number of nitrogens with one attached hydrogen (secondary N) is 3. The molecule has 46 heavy (non-hydrogen) atoms. The van der Waals surface area contributed by atoms with Crippen LogP contribution in [-0.2, 0) is 12.8 Å². The highest BCUT2D eigenvalue weighted by atomic mass is 32.1. The lowest BCUT2D eigenvalue weighted by Gasteiger charge is -2.14. The van der Waals surface area contributed by atoms with Gasteiger partial charge in [-0.1, -0.05) is 35.3 Å². The molecule has 0 spiro atoms. The minimum atomic E-state index is -1.14. The molecule has 0 bridgehead atoms. The summed E-state index contributed by atoms with van der Waals surface area (Å²) in [6, 6.07) is 12.5. The van der Waals surface area contributed by atoms with Crippen LogP contribution in [0.4, 0.5) is 26.3 Å². The Morgan fingerprint density at radius 1 is 1.04 bits per heavy atom. The zero-order valence-electron chi connectivity index (χ0n) is 25.3. The van der Waals surface area contributed by atoms with Gasteiger partial charge in [-0.25, -0.2) is 19.2 Å². The van der Waals surface area contributed by atoms with E-state index in [4.69, 9.17) is 10.5 Å². The van der Waals surface area contributed by atoms with Gasteiger partial charge in [-0.3, -0.25) is 0 Å². The Kier molecular flexibility index (Phi) is 11.1. The zero-order chi connectivity index (χ0) is 32.5. The molecule has 6 N–H and O–H groups in total. The van der Waals surface area contributed by atoms with Crippen molar-refractivity contribution in [1.29, 1.82) is 0 Å².